The van der Waals surface area contributed by atoms with Crippen molar-refractivity contribution in [3.63, 3.8) is 0 Å². The van der Waals surface area contributed by atoms with Crippen molar-refractivity contribution in [3.05, 3.63) is 41.0 Å². The molecule has 1 saturated heterocycles. The third-order valence-electron chi connectivity index (χ3n) is 4.50. The zero-order valence-corrected chi connectivity index (χ0v) is 14.3. The summed E-state index contributed by atoms with van der Waals surface area (Å²) in [6, 6.07) is 3.68. The summed E-state index contributed by atoms with van der Waals surface area (Å²) in [7, 11) is 3.95. The van der Waals surface area contributed by atoms with Gasteiger partial charge in [0.2, 0.25) is 11.6 Å². The van der Waals surface area contributed by atoms with Crippen LogP contribution < -0.4 is 10.2 Å². The Balaban J connectivity index is 1.91. The molecule has 2 aromatic rings. The van der Waals surface area contributed by atoms with Crippen LogP contribution in [-0.2, 0) is 0 Å². The lowest BCUT2D eigenvalue weighted by molar-refractivity contribution is -0.383. The molecule has 132 valence electrons. The number of nitrogens with one attached hydrogen (secondary N) is 1. The van der Waals surface area contributed by atoms with E-state index in [-0.39, 0.29) is 17.5 Å². The van der Waals surface area contributed by atoms with Crippen molar-refractivity contribution in [3.8, 4) is 0 Å². The van der Waals surface area contributed by atoms with Gasteiger partial charge < -0.3 is 15.1 Å². The van der Waals surface area contributed by atoms with E-state index in [9.17, 15) is 10.1 Å². The van der Waals surface area contributed by atoms with Crippen LogP contribution >= 0.6 is 0 Å². The Hall–Kier alpha value is -2.81. The molecule has 1 N–H and O–H groups in total. The van der Waals surface area contributed by atoms with Crippen LogP contribution in [0, 0.1) is 10.1 Å². The summed E-state index contributed by atoms with van der Waals surface area (Å²) >= 11 is 0. The van der Waals surface area contributed by atoms with E-state index in [1.165, 1.54) is 6.33 Å². The molecule has 1 aliphatic rings. The molecule has 0 aromatic carbocycles. The van der Waals surface area contributed by atoms with Crippen LogP contribution in [0.4, 0.5) is 23.0 Å². The van der Waals surface area contributed by atoms with Gasteiger partial charge in [0.1, 0.15) is 6.33 Å². The molecule has 2 aromatic heterocycles. The lowest BCUT2D eigenvalue weighted by Crippen LogP contribution is -2.42. The monoisotopic (exact) mass is 343 g/mol. The highest BCUT2D eigenvalue weighted by Gasteiger charge is 2.30. The zero-order valence-electron chi connectivity index (χ0n) is 14.3. The van der Waals surface area contributed by atoms with Gasteiger partial charge in [-0.1, -0.05) is 0 Å². The Morgan fingerprint density at radius 1 is 1.28 bits per heavy atom. The van der Waals surface area contributed by atoms with Crippen molar-refractivity contribution in [1.82, 2.24) is 19.9 Å². The molecular weight excluding hydrogens is 322 g/mol. The zero-order chi connectivity index (χ0) is 17.8. The maximum absolute atomic E-state index is 11.7. The first kappa shape index (κ1) is 17.0. The average molecular weight is 343 g/mol. The van der Waals surface area contributed by atoms with Gasteiger partial charge in [-0.2, -0.15) is 0 Å². The van der Waals surface area contributed by atoms with Crippen LogP contribution in [0.3, 0.4) is 0 Å². The number of anilines is 3. The van der Waals surface area contributed by atoms with Gasteiger partial charge in [0, 0.05) is 31.2 Å². The summed E-state index contributed by atoms with van der Waals surface area (Å²) in [6.07, 6.45) is 6.47. The first-order chi connectivity index (χ1) is 12.1. The Bertz CT molecular complexity index is 733. The third-order valence-corrected chi connectivity index (χ3v) is 4.50. The molecule has 1 fully saturated rings. The van der Waals surface area contributed by atoms with E-state index in [2.05, 4.69) is 32.2 Å². The Kier molecular flexibility index (Phi) is 5.03. The number of aromatic nitrogens is 3. The van der Waals surface area contributed by atoms with Crippen LogP contribution in [0.15, 0.2) is 30.9 Å². The minimum atomic E-state index is -0.426. The summed E-state index contributed by atoms with van der Waals surface area (Å²) < 4.78 is 0. The van der Waals surface area contributed by atoms with Gasteiger partial charge in [0.25, 0.3) is 0 Å². The van der Waals surface area contributed by atoms with E-state index in [4.69, 9.17) is 0 Å². The average Bonchev–Trinajstić information content (AvgIpc) is 2.62. The SMILES string of the molecule is CN1CCC(N(C)c2ncnc(Nc3ccncc3)c2[N+](=O)[O-])CC1. The fraction of sp³-hybridized carbons (Fsp3) is 0.438. The standard InChI is InChI=1S/C16H21N7O2/c1-21-9-5-13(6-10-21)22(2)16-14(23(24)25)15(18-11-19-16)20-12-3-7-17-8-4-12/h3-4,7-8,11,13H,5-6,9-10H2,1-2H3,(H,17,18,19,20). The van der Waals surface area contributed by atoms with E-state index in [1.54, 1.807) is 24.5 Å². The molecule has 3 heterocycles. The number of rotatable bonds is 5. The fourth-order valence-electron chi connectivity index (χ4n) is 3.01. The Morgan fingerprint density at radius 3 is 2.60 bits per heavy atom. The molecule has 0 radical (unpaired) electrons. The Morgan fingerprint density at radius 2 is 1.96 bits per heavy atom. The number of likely N-dealkylation sites (tertiary alicyclic amines) is 1. The molecule has 0 spiro atoms. The van der Waals surface area contributed by atoms with Gasteiger partial charge >= 0.3 is 5.69 Å². The minimum absolute atomic E-state index is 0.110. The number of pyridine rings is 1. The lowest BCUT2D eigenvalue weighted by Gasteiger charge is -2.35. The highest BCUT2D eigenvalue weighted by atomic mass is 16.6. The van der Waals surface area contributed by atoms with Gasteiger partial charge in [0.05, 0.1) is 4.92 Å². The predicted octanol–water partition coefficient (Wildman–Crippen LogP) is 2.05. The van der Waals surface area contributed by atoms with Crippen molar-refractivity contribution in [2.45, 2.75) is 18.9 Å². The van der Waals surface area contributed by atoms with E-state index < -0.39 is 4.92 Å². The van der Waals surface area contributed by atoms with Crippen molar-refractivity contribution >= 4 is 23.0 Å². The first-order valence-corrected chi connectivity index (χ1v) is 8.14. The van der Waals surface area contributed by atoms with E-state index >= 15 is 0 Å². The second-order valence-electron chi connectivity index (χ2n) is 6.16. The highest BCUT2D eigenvalue weighted by Crippen LogP contribution is 2.34. The number of piperidine rings is 1. The fourth-order valence-corrected chi connectivity index (χ4v) is 3.01. The number of hydrogen-bond acceptors (Lipinski definition) is 8. The van der Waals surface area contributed by atoms with Crippen molar-refractivity contribution in [2.75, 3.05) is 37.4 Å². The molecule has 0 bridgehead atoms. The molecule has 9 heteroatoms. The topological polar surface area (TPSA) is 100 Å². The van der Waals surface area contributed by atoms with Crippen molar-refractivity contribution in [2.24, 2.45) is 0 Å². The summed E-state index contributed by atoms with van der Waals surface area (Å²) in [4.78, 5) is 27.7. The maximum Gasteiger partial charge on any atom is 0.353 e. The van der Waals surface area contributed by atoms with Gasteiger partial charge in [-0.25, -0.2) is 9.97 Å². The van der Waals surface area contributed by atoms with E-state index in [0.29, 0.717) is 11.5 Å². The lowest BCUT2D eigenvalue weighted by atomic mass is 10.0. The number of nitro groups is 1. The van der Waals surface area contributed by atoms with Gasteiger partial charge in [-0.15, -0.1) is 0 Å². The second-order valence-corrected chi connectivity index (χ2v) is 6.16. The summed E-state index contributed by atoms with van der Waals surface area (Å²) in [6.45, 7) is 1.94. The number of nitrogens with zero attached hydrogens (tertiary/aromatic N) is 6. The van der Waals surface area contributed by atoms with Crippen LogP contribution in [0.2, 0.25) is 0 Å². The molecule has 0 aliphatic carbocycles. The summed E-state index contributed by atoms with van der Waals surface area (Å²) in [5, 5.41) is 14.7. The van der Waals surface area contributed by atoms with Crippen LogP contribution in [0.25, 0.3) is 0 Å². The van der Waals surface area contributed by atoms with Crippen LogP contribution in [-0.4, -0.2) is 58.0 Å². The van der Waals surface area contributed by atoms with Gasteiger partial charge in [-0.05, 0) is 45.1 Å². The Labute approximate surface area is 145 Å². The van der Waals surface area contributed by atoms with Crippen LogP contribution in [0.5, 0.6) is 0 Å². The molecular formula is C16H21N7O2. The second kappa shape index (κ2) is 7.39. The maximum atomic E-state index is 11.7. The quantitative estimate of drug-likeness (QED) is 0.650. The normalized spacial score (nSPS) is 15.8. The highest BCUT2D eigenvalue weighted by molar-refractivity contribution is 5.74. The van der Waals surface area contributed by atoms with Crippen molar-refractivity contribution in [1.29, 1.82) is 0 Å². The molecule has 0 atom stereocenters. The van der Waals surface area contributed by atoms with Crippen molar-refractivity contribution < 1.29 is 4.92 Å². The first-order valence-electron chi connectivity index (χ1n) is 8.14. The molecule has 3 rings (SSSR count). The third kappa shape index (κ3) is 3.82. The molecule has 1 aliphatic heterocycles. The number of hydrogen-bond donors (Lipinski definition) is 1. The van der Waals surface area contributed by atoms with Crippen LogP contribution in [0.1, 0.15) is 12.8 Å². The summed E-state index contributed by atoms with van der Waals surface area (Å²) in [5.41, 5.74) is 0.574. The molecule has 0 unspecified atom stereocenters. The summed E-state index contributed by atoms with van der Waals surface area (Å²) in [5.74, 6) is 0.520. The van der Waals surface area contributed by atoms with Gasteiger partial charge in [0.15, 0.2) is 0 Å². The smallest absolute Gasteiger partial charge is 0.351 e. The van der Waals surface area contributed by atoms with E-state index in [0.717, 1.165) is 25.9 Å². The molecule has 0 saturated carbocycles. The minimum Gasteiger partial charge on any atom is -0.351 e. The van der Waals surface area contributed by atoms with E-state index in [1.807, 2.05) is 11.9 Å². The van der Waals surface area contributed by atoms with Gasteiger partial charge in [-0.3, -0.25) is 15.1 Å². The largest absolute Gasteiger partial charge is 0.353 e. The molecule has 25 heavy (non-hydrogen) atoms. The molecule has 0 amide bonds. The molecule has 9 nitrogen and oxygen atoms in total. The predicted molar refractivity (Wildman–Crippen MR) is 95.1 cm³/mol.